The number of nitrogens with zero attached hydrogens (tertiary/aromatic N) is 4. The average Bonchev–Trinajstić information content (AvgIpc) is 3.84. The fourth-order valence-corrected chi connectivity index (χ4v) is 8.27. The van der Waals surface area contributed by atoms with Gasteiger partial charge < -0.3 is 8.98 Å². The van der Waals surface area contributed by atoms with Crippen molar-refractivity contribution in [1.82, 2.24) is 14.5 Å². The third-order valence-electron chi connectivity index (χ3n) is 11.0. The Labute approximate surface area is 334 Å². The average molecular weight is 741 g/mol. The molecule has 5 nitrogen and oxygen atoms in total. The van der Waals surface area contributed by atoms with Gasteiger partial charge in [-0.05, 0) is 94.0 Å². The summed E-state index contributed by atoms with van der Waals surface area (Å²) in [7, 11) is 0. The lowest BCUT2D eigenvalue weighted by Gasteiger charge is -2.12. The summed E-state index contributed by atoms with van der Waals surface area (Å²) in [4.78, 5) is 13.9. The van der Waals surface area contributed by atoms with Crippen LogP contribution in [0, 0.1) is 6.57 Å². The maximum atomic E-state index is 8.25. The number of benzene rings is 8. The first-order valence-corrected chi connectivity index (χ1v) is 19.3. The summed E-state index contributed by atoms with van der Waals surface area (Å²) in [5.41, 5.74) is 13.8. The molecular weight excluding hydrogens is 709 g/mol. The van der Waals surface area contributed by atoms with Crippen LogP contribution in [0.1, 0.15) is 0 Å². The van der Waals surface area contributed by atoms with E-state index in [1.54, 1.807) is 0 Å². The van der Waals surface area contributed by atoms with Crippen molar-refractivity contribution >= 4 is 49.4 Å². The summed E-state index contributed by atoms with van der Waals surface area (Å²) in [5.74, 6) is 0.567. The van der Waals surface area contributed by atoms with E-state index in [9.17, 15) is 0 Å². The Hall–Kier alpha value is -8.07. The molecule has 0 atom stereocenters. The van der Waals surface area contributed by atoms with Crippen LogP contribution < -0.4 is 0 Å². The summed E-state index contributed by atoms with van der Waals surface area (Å²) in [6.07, 6.45) is 0. The Kier molecular flexibility index (Phi) is 7.80. The second kappa shape index (κ2) is 13.6. The second-order valence-corrected chi connectivity index (χ2v) is 14.5. The van der Waals surface area contributed by atoms with Gasteiger partial charge in [0.25, 0.3) is 0 Å². The Morgan fingerprint density at radius 2 is 0.966 bits per heavy atom. The van der Waals surface area contributed by atoms with Gasteiger partial charge in [-0.1, -0.05) is 133 Å². The zero-order valence-corrected chi connectivity index (χ0v) is 31.2. The molecule has 0 saturated carbocycles. The van der Waals surface area contributed by atoms with Crippen molar-refractivity contribution < 1.29 is 4.42 Å². The number of furan rings is 1. The van der Waals surface area contributed by atoms with E-state index in [0.717, 1.165) is 61.0 Å². The maximum Gasteiger partial charge on any atom is 0.238 e. The molecule has 0 unspecified atom stereocenters. The SMILES string of the molecule is [C-]#[N+]c1c(-c2ccccc2)nc(-c2ccccc2)nc1-c1ccc2c(c1)oc1ccc(-c3cccc(-c4ccc5c(c4)c4ccccc4n5-c4ccccc4)c3)cc12. The Balaban J connectivity index is 0.986. The lowest BCUT2D eigenvalue weighted by atomic mass is 9.97. The number of hydrogen-bond acceptors (Lipinski definition) is 3. The van der Waals surface area contributed by atoms with Gasteiger partial charge in [0.1, 0.15) is 11.2 Å². The molecular formula is C53H32N4O. The molecule has 0 N–H and O–H groups in total. The maximum absolute atomic E-state index is 8.25. The standard InChI is InChI=1S/C53H32N4O/c1-54-52-50(34-14-5-2-6-15-34)55-53(35-16-7-3-8-17-35)56-51(52)40-24-27-43-45-32-39(26-29-48(45)58-49(43)33-40)37-19-13-18-36(30-37)38-25-28-47-44(31-38)42-22-11-12-23-46(42)57(47)41-20-9-4-10-21-41/h2-33H. The molecule has 11 rings (SSSR count). The molecule has 5 heteroatoms. The molecule has 0 saturated heterocycles. The molecule has 3 heterocycles. The van der Waals surface area contributed by atoms with Crippen LogP contribution in [0.25, 0.3) is 110 Å². The Morgan fingerprint density at radius 1 is 0.397 bits per heavy atom. The van der Waals surface area contributed by atoms with Gasteiger partial charge in [0.2, 0.25) is 5.69 Å². The molecule has 0 spiro atoms. The van der Waals surface area contributed by atoms with Gasteiger partial charge in [0, 0.05) is 32.8 Å². The fraction of sp³-hybridized carbons (Fsp3) is 0. The molecule has 8 aromatic carbocycles. The molecule has 0 amide bonds. The van der Waals surface area contributed by atoms with Crippen molar-refractivity contribution in [3.05, 3.63) is 206 Å². The topological polar surface area (TPSA) is 48.2 Å². The van der Waals surface area contributed by atoms with Crippen molar-refractivity contribution in [3.63, 3.8) is 0 Å². The van der Waals surface area contributed by atoms with Crippen LogP contribution in [0.2, 0.25) is 0 Å². The van der Waals surface area contributed by atoms with Gasteiger partial charge in [-0.2, -0.15) is 0 Å². The largest absolute Gasteiger partial charge is 0.456 e. The number of aromatic nitrogens is 3. The van der Waals surface area contributed by atoms with Gasteiger partial charge in [-0.15, -0.1) is 0 Å². The first kappa shape index (κ1) is 33.3. The minimum absolute atomic E-state index is 0.407. The molecule has 270 valence electrons. The third kappa shape index (κ3) is 5.55. The van der Waals surface area contributed by atoms with Crippen molar-refractivity contribution in [2.75, 3.05) is 0 Å². The van der Waals surface area contributed by atoms with Crippen LogP contribution in [0.4, 0.5) is 5.69 Å². The molecule has 0 aliphatic carbocycles. The quantitative estimate of drug-likeness (QED) is 0.160. The normalized spacial score (nSPS) is 11.4. The van der Waals surface area contributed by atoms with Crippen molar-refractivity contribution in [1.29, 1.82) is 0 Å². The third-order valence-corrected chi connectivity index (χ3v) is 11.0. The molecule has 11 aromatic rings. The van der Waals surface area contributed by atoms with Crippen LogP contribution in [0.5, 0.6) is 0 Å². The lowest BCUT2D eigenvalue weighted by molar-refractivity contribution is 0.669. The lowest BCUT2D eigenvalue weighted by Crippen LogP contribution is -1.97. The number of fused-ring (bicyclic) bond motifs is 6. The summed E-state index contributed by atoms with van der Waals surface area (Å²) in [5, 5.41) is 4.49. The van der Waals surface area contributed by atoms with E-state index in [4.69, 9.17) is 21.0 Å². The first-order valence-electron chi connectivity index (χ1n) is 19.3. The summed E-state index contributed by atoms with van der Waals surface area (Å²) in [6.45, 7) is 8.25. The zero-order valence-electron chi connectivity index (χ0n) is 31.2. The fourth-order valence-electron chi connectivity index (χ4n) is 8.27. The van der Waals surface area contributed by atoms with Crippen molar-refractivity contribution in [3.8, 4) is 61.8 Å². The predicted molar refractivity (Wildman–Crippen MR) is 237 cm³/mol. The Morgan fingerprint density at radius 3 is 1.71 bits per heavy atom. The molecule has 58 heavy (non-hydrogen) atoms. The van der Waals surface area contributed by atoms with Gasteiger partial charge in [0.15, 0.2) is 5.82 Å². The van der Waals surface area contributed by atoms with Gasteiger partial charge in [-0.25, -0.2) is 14.8 Å². The molecule has 3 aromatic heterocycles. The minimum atomic E-state index is 0.407. The highest BCUT2D eigenvalue weighted by atomic mass is 16.3. The highest BCUT2D eigenvalue weighted by molar-refractivity contribution is 6.11. The predicted octanol–water partition coefficient (Wildman–Crippen LogP) is 14.4. The number of hydrogen-bond donors (Lipinski definition) is 0. The highest BCUT2D eigenvalue weighted by Gasteiger charge is 2.20. The van der Waals surface area contributed by atoms with E-state index in [0.29, 0.717) is 22.9 Å². The van der Waals surface area contributed by atoms with E-state index >= 15 is 0 Å². The summed E-state index contributed by atoms with van der Waals surface area (Å²) >= 11 is 0. The molecule has 0 bridgehead atoms. The first-order chi connectivity index (χ1) is 28.7. The van der Waals surface area contributed by atoms with Crippen molar-refractivity contribution in [2.45, 2.75) is 0 Å². The number of para-hydroxylation sites is 2. The van der Waals surface area contributed by atoms with E-state index in [1.165, 1.54) is 27.4 Å². The van der Waals surface area contributed by atoms with Gasteiger partial charge >= 0.3 is 0 Å². The smallest absolute Gasteiger partial charge is 0.238 e. The zero-order chi connectivity index (χ0) is 38.6. The van der Waals surface area contributed by atoms with E-state index in [2.05, 4.69) is 131 Å². The van der Waals surface area contributed by atoms with Crippen molar-refractivity contribution in [2.24, 2.45) is 0 Å². The summed E-state index contributed by atoms with van der Waals surface area (Å²) < 4.78 is 8.84. The monoisotopic (exact) mass is 740 g/mol. The number of rotatable bonds is 6. The van der Waals surface area contributed by atoms with Crippen LogP contribution in [0.3, 0.4) is 0 Å². The van der Waals surface area contributed by atoms with Gasteiger partial charge in [0.05, 0.1) is 29.0 Å². The van der Waals surface area contributed by atoms with E-state index < -0.39 is 0 Å². The Bertz CT molecular complexity index is 3400. The molecule has 0 radical (unpaired) electrons. The van der Waals surface area contributed by atoms with Gasteiger partial charge in [-0.3, -0.25) is 0 Å². The minimum Gasteiger partial charge on any atom is -0.456 e. The van der Waals surface area contributed by atoms with E-state index in [1.807, 2.05) is 72.8 Å². The molecule has 0 aliphatic heterocycles. The highest BCUT2D eigenvalue weighted by Crippen LogP contribution is 2.42. The van der Waals surface area contributed by atoms with Crippen LogP contribution in [-0.4, -0.2) is 14.5 Å². The van der Waals surface area contributed by atoms with Crippen LogP contribution in [0.15, 0.2) is 199 Å². The van der Waals surface area contributed by atoms with Crippen LogP contribution >= 0.6 is 0 Å². The second-order valence-electron chi connectivity index (χ2n) is 14.5. The molecule has 0 fully saturated rings. The molecule has 0 aliphatic rings. The van der Waals surface area contributed by atoms with E-state index in [-0.39, 0.29) is 0 Å². The van der Waals surface area contributed by atoms with Crippen LogP contribution in [-0.2, 0) is 0 Å². The summed E-state index contributed by atoms with van der Waals surface area (Å²) in [6, 6.07) is 67.0.